The molecular formula is C15H28Cl2N2O3. The average Bonchev–Trinajstić information content (AvgIpc) is 2.48. The van der Waals surface area contributed by atoms with Crippen LogP contribution >= 0.6 is 24.8 Å². The Kier molecular flexibility index (Phi) is 16.3. The molecule has 1 aromatic carbocycles. The van der Waals surface area contributed by atoms with E-state index in [1.54, 1.807) is 7.11 Å². The highest BCUT2D eigenvalue weighted by atomic mass is 35.5. The number of halogens is 2. The quantitative estimate of drug-likeness (QED) is 0.530. The van der Waals surface area contributed by atoms with Gasteiger partial charge < -0.3 is 25.2 Å². The number of para-hydroxylation sites is 1. The maximum absolute atomic E-state index is 8.64. The zero-order valence-corrected chi connectivity index (χ0v) is 14.9. The van der Waals surface area contributed by atoms with Crippen molar-refractivity contribution in [3.05, 3.63) is 23.8 Å². The third-order valence-corrected chi connectivity index (χ3v) is 2.88. The molecule has 0 radical (unpaired) electrons. The van der Waals surface area contributed by atoms with Crippen LogP contribution in [0.2, 0.25) is 0 Å². The maximum Gasteiger partial charge on any atom is 0.165 e. The molecule has 0 spiro atoms. The lowest BCUT2D eigenvalue weighted by Gasteiger charge is -2.14. The summed E-state index contributed by atoms with van der Waals surface area (Å²) in [6, 6.07) is 5.93. The van der Waals surface area contributed by atoms with E-state index in [2.05, 4.69) is 10.6 Å². The van der Waals surface area contributed by atoms with E-state index >= 15 is 0 Å². The number of aliphatic hydroxyl groups excluding tert-OH is 1. The van der Waals surface area contributed by atoms with Crippen LogP contribution in [0.15, 0.2) is 18.2 Å². The first-order valence-electron chi connectivity index (χ1n) is 7.14. The molecule has 1 rings (SSSR count). The van der Waals surface area contributed by atoms with Crippen molar-refractivity contribution in [3.8, 4) is 11.5 Å². The summed E-state index contributed by atoms with van der Waals surface area (Å²) >= 11 is 0. The molecule has 0 fully saturated rings. The number of hydrogen-bond donors (Lipinski definition) is 3. The van der Waals surface area contributed by atoms with Gasteiger partial charge in [0.15, 0.2) is 11.5 Å². The van der Waals surface area contributed by atoms with Crippen LogP contribution < -0.4 is 20.1 Å². The Morgan fingerprint density at radius 1 is 1.09 bits per heavy atom. The maximum atomic E-state index is 8.64. The van der Waals surface area contributed by atoms with Gasteiger partial charge in [0.2, 0.25) is 0 Å². The highest BCUT2D eigenvalue weighted by Gasteiger charge is 2.09. The predicted molar refractivity (Wildman–Crippen MR) is 94.9 cm³/mol. The van der Waals surface area contributed by atoms with Gasteiger partial charge in [-0.25, -0.2) is 0 Å². The molecule has 22 heavy (non-hydrogen) atoms. The zero-order valence-electron chi connectivity index (χ0n) is 13.3. The second-order valence-corrected chi connectivity index (χ2v) is 4.39. The molecule has 130 valence electrons. The molecule has 0 aliphatic carbocycles. The van der Waals surface area contributed by atoms with Gasteiger partial charge in [0.05, 0.1) is 20.3 Å². The number of benzene rings is 1. The molecule has 0 aliphatic rings. The molecule has 0 saturated carbocycles. The van der Waals surface area contributed by atoms with Gasteiger partial charge in [-0.2, -0.15) is 0 Å². The number of nitrogens with one attached hydrogen (secondary N) is 2. The summed E-state index contributed by atoms with van der Waals surface area (Å²) < 4.78 is 11.0. The van der Waals surface area contributed by atoms with E-state index in [1.165, 1.54) is 0 Å². The van der Waals surface area contributed by atoms with Crippen molar-refractivity contribution in [1.29, 1.82) is 0 Å². The van der Waals surface area contributed by atoms with Gasteiger partial charge in [-0.1, -0.05) is 12.1 Å². The van der Waals surface area contributed by atoms with Crippen LogP contribution in [0.5, 0.6) is 11.5 Å². The molecular weight excluding hydrogens is 327 g/mol. The molecule has 0 aliphatic heterocycles. The molecule has 0 aromatic heterocycles. The van der Waals surface area contributed by atoms with Crippen molar-refractivity contribution in [2.45, 2.75) is 19.9 Å². The molecule has 3 N–H and O–H groups in total. The molecule has 0 saturated heterocycles. The molecule has 0 atom stereocenters. The van der Waals surface area contributed by atoms with Crippen LogP contribution in [0.1, 0.15) is 18.9 Å². The van der Waals surface area contributed by atoms with Crippen LogP contribution in [0.3, 0.4) is 0 Å². The molecule has 1 aromatic rings. The molecule has 0 bridgehead atoms. The second-order valence-electron chi connectivity index (χ2n) is 4.39. The number of ether oxygens (including phenoxy) is 2. The smallest absolute Gasteiger partial charge is 0.165 e. The third-order valence-electron chi connectivity index (χ3n) is 2.88. The number of hydrogen-bond acceptors (Lipinski definition) is 5. The summed E-state index contributed by atoms with van der Waals surface area (Å²) in [5.74, 6) is 1.60. The van der Waals surface area contributed by atoms with E-state index in [1.807, 2.05) is 25.1 Å². The number of rotatable bonds is 11. The van der Waals surface area contributed by atoms with Gasteiger partial charge >= 0.3 is 0 Å². The lowest BCUT2D eigenvalue weighted by molar-refractivity contribution is 0.292. The summed E-state index contributed by atoms with van der Waals surface area (Å²) in [6.45, 7) is 6.02. The summed E-state index contributed by atoms with van der Waals surface area (Å²) in [7, 11) is 1.65. The van der Waals surface area contributed by atoms with Crippen molar-refractivity contribution in [3.63, 3.8) is 0 Å². The summed E-state index contributed by atoms with van der Waals surface area (Å²) in [5.41, 5.74) is 1.11. The monoisotopic (exact) mass is 354 g/mol. The Morgan fingerprint density at radius 3 is 2.45 bits per heavy atom. The van der Waals surface area contributed by atoms with Crippen LogP contribution in [0, 0.1) is 0 Å². The minimum Gasteiger partial charge on any atom is -0.493 e. The lowest BCUT2D eigenvalue weighted by Crippen LogP contribution is -2.24. The van der Waals surface area contributed by atoms with Crippen molar-refractivity contribution in [2.75, 3.05) is 40.0 Å². The van der Waals surface area contributed by atoms with Crippen molar-refractivity contribution >= 4 is 24.8 Å². The summed E-state index contributed by atoms with van der Waals surface area (Å²) in [4.78, 5) is 0. The van der Waals surface area contributed by atoms with Crippen LogP contribution in [0.25, 0.3) is 0 Å². The first-order chi connectivity index (χ1) is 9.83. The van der Waals surface area contributed by atoms with E-state index in [-0.39, 0.29) is 31.4 Å². The standard InChI is InChI=1S/C15H26N2O3.2ClH/c1-3-20-15-13(6-4-7-14(15)19-2)12-17-9-5-8-16-10-11-18;;/h4,6-7,16-18H,3,5,8-12H2,1-2H3;2*1H. The van der Waals surface area contributed by atoms with Crippen LogP contribution in [-0.2, 0) is 6.54 Å². The molecule has 7 heteroatoms. The highest BCUT2D eigenvalue weighted by molar-refractivity contribution is 5.85. The Bertz CT molecular complexity index is 382. The molecule has 0 amide bonds. The first kappa shape index (κ1) is 23.5. The van der Waals surface area contributed by atoms with Crippen molar-refractivity contribution in [1.82, 2.24) is 10.6 Å². The fraction of sp³-hybridized carbons (Fsp3) is 0.600. The first-order valence-corrected chi connectivity index (χ1v) is 7.14. The Hall–Kier alpha value is -0.720. The minimum absolute atomic E-state index is 0. The van der Waals surface area contributed by atoms with Gasteiger partial charge in [-0.3, -0.25) is 0 Å². The number of methoxy groups -OCH3 is 1. The summed E-state index contributed by atoms with van der Waals surface area (Å²) in [6.07, 6.45) is 1.02. The SMILES string of the molecule is CCOc1c(CNCCCNCCO)cccc1OC.Cl.Cl. The molecule has 0 heterocycles. The second kappa shape index (κ2) is 15.2. The van der Waals surface area contributed by atoms with E-state index in [9.17, 15) is 0 Å². The number of aliphatic hydroxyl groups is 1. The Morgan fingerprint density at radius 2 is 1.82 bits per heavy atom. The predicted octanol–water partition coefficient (Wildman–Crippen LogP) is 2.00. The Balaban J connectivity index is 0. The largest absolute Gasteiger partial charge is 0.493 e. The van der Waals surface area contributed by atoms with E-state index in [0.29, 0.717) is 13.2 Å². The van der Waals surface area contributed by atoms with Crippen molar-refractivity contribution < 1.29 is 14.6 Å². The van der Waals surface area contributed by atoms with Gasteiger partial charge in [0.1, 0.15) is 0 Å². The minimum atomic E-state index is 0. The van der Waals surface area contributed by atoms with Gasteiger partial charge in [0, 0.05) is 18.7 Å². The van der Waals surface area contributed by atoms with E-state index in [0.717, 1.165) is 43.1 Å². The Labute approximate surface area is 145 Å². The third kappa shape index (κ3) is 8.66. The van der Waals surface area contributed by atoms with Crippen molar-refractivity contribution in [2.24, 2.45) is 0 Å². The fourth-order valence-corrected chi connectivity index (χ4v) is 1.93. The summed E-state index contributed by atoms with van der Waals surface area (Å²) in [5, 5.41) is 15.2. The van der Waals surface area contributed by atoms with Gasteiger partial charge in [0.25, 0.3) is 0 Å². The lowest BCUT2D eigenvalue weighted by atomic mass is 10.2. The van der Waals surface area contributed by atoms with E-state index in [4.69, 9.17) is 14.6 Å². The van der Waals surface area contributed by atoms with Crippen LogP contribution in [-0.4, -0.2) is 45.1 Å². The highest BCUT2D eigenvalue weighted by Crippen LogP contribution is 2.30. The van der Waals surface area contributed by atoms with Gasteiger partial charge in [-0.15, -0.1) is 24.8 Å². The molecule has 0 unspecified atom stereocenters. The topological polar surface area (TPSA) is 62.8 Å². The molecule has 5 nitrogen and oxygen atoms in total. The van der Waals surface area contributed by atoms with E-state index < -0.39 is 0 Å². The average molecular weight is 355 g/mol. The fourth-order valence-electron chi connectivity index (χ4n) is 1.93. The van der Waals surface area contributed by atoms with Crippen LogP contribution in [0.4, 0.5) is 0 Å². The zero-order chi connectivity index (χ0) is 14.6. The van der Waals surface area contributed by atoms with Gasteiger partial charge in [-0.05, 0) is 32.5 Å². The normalized spacial score (nSPS) is 9.59.